The third-order valence-corrected chi connectivity index (χ3v) is 5.17. The fourth-order valence-corrected chi connectivity index (χ4v) is 3.59. The minimum Gasteiger partial charge on any atom is -0.325 e. The molecule has 0 bridgehead atoms. The molecular weight excluding hydrogens is 379 g/mol. The third-order valence-electron chi connectivity index (χ3n) is 3.71. The smallest absolute Gasteiger partial charge is 0.247 e. The molecule has 0 aliphatic carbocycles. The zero-order chi connectivity index (χ0) is 18.7. The highest BCUT2D eigenvalue weighted by Crippen LogP contribution is 2.30. The standard InChI is InChI=1S/C18H14ClFN2O3S/c19-11-4-6-14(7-5-11)22-17(24)9-15(18(22)25)26-10-16(23)21-13-3-1-2-12(20)8-13/h1-8,15H,9-10H2,(H,21,23). The summed E-state index contributed by atoms with van der Waals surface area (Å²) in [6.07, 6.45) is 0.0272. The molecule has 26 heavy (non-hydrogen) atoms. The largest absolute Gasteiger partial charge is 0.325 e. The van der Waals surface area contributed by atoms with E-state index in [2.05, 4.69) is 5.32 Å². The van der Waals surface area contributed by atoms with Gasteiger partial charge in [0, 0.05) is 17.1 Å². The van der Waals surface area contributed by atoms with Gasteiger partial charge in [0.1, 0.15) is 5.82 Å². The van der Waals surface area contributed by atoms with Crippen LogP contribution in [0.3, 0.4) is 0 Å². The van der Waals surface area contributed by atoms with Crippen molar-refractivity contribution in [2.24, 2.45) is 0 Å². The molecule has 0 spiro atoms. The van der Waals surface area contributed by atoms with Crippen LogP contribution < -0.4 is 10.2 Å². The van der Waals surface area contributed by atoms with E-state index < -0.39 is 11.1 Å². The van der Waals surface area contributed by atoms with E-state index in [-0.39, 0.29) is 29.9 Å². The Hall–Kier alpha value is -2.38. The van der Waals surface area contributed by atoms with Crippen molar-refractivity contribution in [1.82, 2.24) is 0 Å². The molecule has 0 radical (unpaired) electrons. The van der Waals surface area contributed by atoms with Gasteiger partial charge in [-0.15, -0.1) is 11.8 Å². The summed E-state index contributed by atoms with van der Waals surface area (Å²) in [5.41, 5.74) is 0.795. The van der Waals surface area contributed by atoms with E-state index in [0.717, 1.165) is 16.7 Å². The Morgan fingerprint density at radius 2 is 1.96 bits per heavy atom. The van der Waals surface area contributed by atoms with Gasteiger partial charge >= 0.3 is 0 Å². The Labute approximate surface area is 158 Å². The van der Waals surface area contributed by atoms with E-state index in [1.165, 1.54) is 18.2 Å². The summed E-state index contributed by atoms with van der Waals surface area (Å²) in [5.74, 6) is -1.52. The Balaban J connectivity index is 1.59. The third kappa shape index (κ3) is 4.23. The summed E-state index contributed by atoms with van der Waals surface area (Å²) < 4.78 is 13.1. The number of thioether (sulfide) groups is 1. The Bertz CT molecular complexity index is 860. The molecule has 3 amide bonds. The van der Waals surface area contributed by atoms with E-state index >= 15 is 0 Å². The summed E-state index contributed by atoms with van der Waals surface area (Å²) in [4.78, 5) is 37.7. The molecule has 0 aromatic heterocycles. The van der Waals surface area contributed by atoms with Gasteiger partial charge in [0.2, 0.25) is 17.7 Å². The summed E-state index contributed by atoms with van der Waals surface area (Å²) >= 11 is 6.91. The maximum atomic E-state index is 13.1. The number of rotatable bonds is 5. The molecule has 1 atom stereocenters. The van der Waals surface area contributed by atoms with Crippen molar-refractivity contribution >= 4 is 52.5 Å². The van der Waals surface area contributed by atoms with Crippen LogP contribution in [-0.2, 0) is 14.4 Å². The minimum absolute atomic E-state index is 0.0192. The lowest BCUT2D eigenvalue weighted by molar-refractivity contribution is -0.121. The van der Waals surface area contributed by atoms with Crippen molar-refractivity contribution in [2.45, 2.75) is 11.7 Å². The van der Waals surface area contributed by atoms with Crippen LogP contribution in [0.5, 0.6) is 0 Å². The predicted molar refractivity (Wildman–Crippen MR) is 99.8 cm³/mol. The number of nitrogens with one attached hydrogen (secondary N) is 1. The molecule has 1 saturated heterocycles. The van der Waals surface area contributed by atoms with Crippen LogP contribution in [0.25, 0.3) is 0 Å². The molecule has 1 fully saturated rings. The van der Waals surface area contributed by atoms with Gasteiger partial charge in [0.15, 0.2) is 0 Å². The molecule has 134 valence electrons. The maximum Gasteiger partial charge on any atom is 0.247 e. The highest BCUT2D eigenvalue weighted by molar-refractivity contribution is 8.01. The number of anilines is 2. The van der Waals surface area contributed by atoms with Crippen LogP contribution in [0.2, 0.25) is 5.02 Å². The number of halogens is 2. The van der Waals surface area contributed by atoms with Crippen LogP contribution in [0.4, 0.5) is 15.8 Å². The van der Waals surface area contributed by atoms with Gasteiger partial charge in [0.05, 0.1) is 16.7 Å². The predicted octanol–water partition coefficient (Wildman–Crippen LogP) is 3.48. The number of imide groups is 1. The van der Waals surface area contributed by atoms with Crippen molar-refractivity contribution in [3.8, 4) is 0 Å². The van der Waals surface area contributed by atoms with Crippen molar-refractivity contribution in [1.29, 1.82) is 0 Å². The van der Waals surface area contributed by atoms with Gasteiger partial charge < -0.3 is 5.32 Å². The first-order valence-corrected chi connectivity index (χ1v) is 9.16. The Morgan fingerprint density at radius 3 is 2.65 bits per heavy atom. The van der Waals surface area contributed by atoms with Gasteiger partial charge in [0.25, 0.3) is 0 Å². The average Bonchev–Trinajstić information content (AvgIpc) is 2.88. The normalized spacial score (nSPS) is 16.8. The highest BCUT2D eigenvalue weighted by Gasteiger charge is 2.40. The van der Waals surface area contributed by atoms with Crippen LogP contribution in [0.15, 0.2) is 48.5 Å². The zero-order valence-electron chi connectivity index (χ0n) is 13.4. The van der Waals surface area contributed by atoms with Crippen LogP contribution in [0, 0.1) is 5.82 Å². The first-order valence-electron chi connectivity index (χ1n) is 7.73. The van der Waals surface area contributed by atoms with Gasteiger partial charge in [-0.25, -0.2) is 9.29 Å². The molecule has 1 N–H and O–H groups in total. The first kappa shape index (κ1) is 18.4. The SMILES string of the molecule is O=C(CSC1CC(=O)N(c2ccc(Cl)cc2)C1=O)Nc1cccc(F)c1. The Morgan fingerprint density at radius 1 is 1.23 bits per heavy atom. The van der Waals surface area contributed by atoms with Crippen LogP contribution >= 0.6 is 23.4 Å². The number of nitrogens with zero attached hydrogens (tertiary/aromatic N) is 1. The second-order valence-corrected chi connectivity index (χ2v) is 7.23. The van der Waals surface area contributed by atoms with Gasteiger partial charge in [-0.3, -0.25) is 14.4 Å². The number of carbonyl (C=O) groups excluding carboxylic acids is 3. The molecule has 3 rings (SSSR count). The van der Waals surface area contributed by atoms with Gasteiger partial charge in [-0.2, -0.15) is 0 Å². The number of amides is 3. The Kier molecular flexibility index (Phi) is 5.58. The van der Waals surface area contributed by atoms with Crippen molar-refractivity contribution < 1.29 is 18.8 Å². The molecule has 1 aliphatic heterocycles. The van der Waals surface area contributed by atoms with Crippen molar-refractivity contribution in [3.63, 3.8) is 0 Å². The van der Waals surface area contributed by atoms with Crippen molar-refractivity contribution in [2.75, 3.05) is 16.0 Å². The van der Waals surface area contributed by atoms with E-state index in [1.807, 2.05) is 0 Å². The summed E-state index contributed by atoms with van der Waals surface area (Å²) in [6.45, 7) is 0. The van der Waals surface area contributed by atoms with E-state index in [1.54, 1.807) is 30.3 Å². The van der Waals surface area contributed by atoms with Crippen molar-refractivity contribution in [3.05, 3.63) is 59.4 Å². The lowest BCUT2D eigenvalue weighted by atomic mass is 10.3. The minimum atomic E-state index is -0.628. The van der Waals surface area contributed by atoms with E-state index in [9.17, 15) is 18.8 Å². The molecule has 2 aromatic rings. The summed E-state index contributed by atoms with van der Waals surface area (Å²) in [7, 11) is 0. The fraction of sp³-hybridized carbons (Fsp3) is 0.167. The first-order chi connectivity index (χ1) is 12.4. The fourth-order valence-electron chi connectivity index (χ4n) is 2.54. The quantitative estimate of drug-likeness (QED) is 0.791. The summed E-state index contributed by atoms with van der Waals surface area (Å²) in [6, 6.07) is 11.9. The molecule has 5 nitrogen and oxygen atoms in total. The molecule has 1 aliphatic rings. The second-order valence-electron chi connectivity index (χ2n) is 5.61. The van der Waals surface area contributed by atoms with E-state index in [4.69, 9.17) is 11.6 Å². The molecule has 0 saturated carbocycles. The van der Waals surface area contributed by atoms with Gasteiger partial charge in [-0.05, 0) is 42.5 Å². The van der Waals surface area contributed by atoms with E-state index in [0.29, 0.717) is 16.4 Å². The average molecular weight is 393 g/mol. The number of hydrogen-bond acceptors (Lipinski definition) is 4. The molecular formula is C18H14ClFN2O3S. The van der Waals surface area contributed by atoms with Gasteiger partial charge in [-0.1, -0.05) is 17.7 Å². The monoisotopic (exact) mass is 392 g/mol. The molecule has 1 unspecified atom stereocenters. The molecule has 2 aromatic carbocycles. The number of carbonyl (C=O) groups is 3. The second kappa shape index (κ2) is 7.88. The zero-order valence-corrected chi connectivity index (χ0v) is 15.0. The number of benzene rings is 2. The highest BCUT2D eigenvalue weighted by atomic mass is 35.5. The lowest BCUT2D eigenvalue weighted by Gasteiger charge is -2.15. The topological polar surface area (TPSA) is 66.5 Å². The maximum absolute atomic E-state index is 13.1. The lowest BCUT2D eigenvalue weighted by Crippen LogP contribution is -2.31. The van der Waals surface area contributed by atoms with Crippen LogP contribution in [0.1, 0.15) is 6.42 Å². The summed E-state index contributed by atoms with van der Waals surface area (Å²) in [5, 5.41) is 2.44. The van der Waals surface area contributed by atoms with Crippen LogP contribution in [-0.4, -0.2) is 28.7 Å². The molecule has 8 heteroatoms. The number of hydrogen-bond donors (Lipinski definition) is 1. The molecule has 1 heterocycles.